The second kappa shape index (κ2) is 12.8. The molecule has 0 unspecified atom stereocenters. The first-order chi connectivity index (χ1) is 20.3. The van der Waals surface area contributed by atoms with Crippen molar-refractivity contribution in [2.45, 2.75) is 20.4 Å². The summed E-state index contributed by atoms with van der Waals surface area (Å²) in [6, 6.07) is 21.0. The van der Waals surface area contributed by atoms with E-state index < -0.39 is 5.97 Å². The number of carbonyl (C=O) groups excluding carboxylic acids is 2. The Morgan fingerprint density at radius 3 is 2.52 bits per heavy atom. The van der Waals surface area contributed by atoms with E-state index in [1.807, 2.05) is 62.5 Å². The topological polar surface area (TPSA) is 73.2 Å². The third-order valence-electron chi connectivity index (χ3n) is 6.91. The molecule has 0 atom stereocenters. The van der Waals surface area contributed by atoms with E-state index in [9.17, 15) is 9.59 Å². The summed E-state index contributed by atoms with van der Waals surface area (Å²) in [6.07, 6.45) is 3.76. The van der Waals surface area contributed by atoms with Gasteiger partial charge in [-0.2, -0.15) is 0 Å². The van der Waals surface area contributed by atoms with Crippen LogP contribution in [-0.4, -0.2) is 53.3 Å². The van der Waals surface area contributed by atoms with Crippen molar-refractivity contribution in [1.29, 1.82) is 0 Å². The molecule has 0 bridgehead atoms. The summed E-state index contributed by atoms with van der Waals surface area (Å²) in [5, 5.41) is 1.13. The highest BCUT2D eigenvalue weighted by Crippen LogP contribution is 2.33. The predicted octanol–water partition coefficient (Wildman–Crippen LogP) is 6.34. The first kappa shape index (κ1) is 29.3. The number of fused-ring (bicyclic) bond motifs is 1. The lowest BCUT2D eigenvalue weighted by Crippen LogP contribution is -2.35. The highest BCUT2D eigenvalue weighted by molar-refractivity contribution is 9.10. The van der Waals surface area contributed by atoms with Crippen molar-refractivity contribution in [2.75, 3.05) is 31.8 Å². The summed E-state index contributed by atoms with van der Waals surface area (Å²) in [4.78, 5) is 29.2. The van der Waals surface area contributed by atoms with Crippen molar-refractivity contribution in [1.82, 2.24) is 9.47 Å². The monoisotopic (exact) mass is 647 g/mol. The molecule has 1 fully saturated rings. The van der Waals surface area contributed by atoms with Crippen LogP contribution in [0.25, 0.3) is 17.0 Å². The number of methoxy groups -OCH3 is 1. The van der Waals surface area contributed by atoms with E-state index in [-0.39, 0.29) is 23.3 Å². The zero-order chi connectivity index (χ0) is 29.8. The Bertz CT molecular complexity index is 1680. The molecule has 5 rings (SSSR count). The fraction of sp³-hybridized carbons (Fsp3) is 0.219. The van der Waals surface area contributed by atoms with Gasteiger partial charge in [0.15, 0.2) is 5.11 Å². The Hall–Kier alpha value is -4.15. The summed E-state index contributed by atoms with van der Waals surface area (Å²) in [5.41, 5.74) is 3.70. The van der Waals surface area contributed by atoms with E-state index in [0.29, 0.717) is 31.2 Å². The average molecular weight is 649 g/mol. The second-order valence-electron chi connectivity index (χ2n) is 9.60. The largest absolute Gasteiger partial charge is 0.494 e. The van der Waals surface area contributed by atoms with Crippen LogP contribution in [0.4, 0.5) is 5.69 Å². The number of aryl methyl sites for hydroxylation is 1. The minimum absolute atomic E-state index is 0.192. The van der Waals surface area contributed by atoms with Crippen LogP contribution in [0.3, 0.4) is 0 Å². The fourth-order valence-corrected chi connectivity index (χ4v) is 5.54. The molecule has 1 amide bonds. The number of benzene rings is 3. The Kier molecular flexibility index (Phi) is 8.94. The van der Waals surface area contributed by atoms with E-state index in [2.05, 4.69) is 20.5 Å². The summed E-state index contributed by atoms with van der Waals surface area (Å²) >= 11 is 9.30. The molecule has 2 heterocycles. The van der Waals surface area contributed by atoms with Gasteiger partial charge in [-0.15, -0.1) is 0 Å². The van der Waals surface area contributed by atoms with E-state index in [0.717, 1.165) is 32.3 Å². The van der Waals surface area contributed by atoms with Gasteiger partial charge in [0, 0.05) is 27.1 Å². The Morgan fingerprint density at radius 1 is 1.05 bits per heavy atom. The number of ether oxygens (including phenoxy) is 3. The van der Waals surface area contributed by atoms with Crippen molar-refractivity contribution in [2.24, 2.45) is 0 Å². The molecule has 0 spiro atoms. The Labute approximate surface area is 258 Å². The van der Waals surface area contributed by atoms with E-state index in [1.165, 1.54) is 16.9 Å². The molecular formula is C32H30BrN3O5S. The fourth-order valence-electron chi connectivity index (χ4n) is 4.83. The number of rotatable bonds is 10. The first-order valence-corrected chi connectivity index (χ1v) is 14.6. The van der Waals surface area contributed by atoms with Crippen LogP contribution < -0.4 is 14.4 Å². The maximum absolute atomic E-state index is 13.9. The molecule has 0 radical (unpaired) electrons. The van der Waals surface area contributed by atoms with E-state index in [4.69, 9.17) is 26.4 Å². The number of esters is 1. The van der Waals surface area contributed by atoms with Crippen molar-refractivity contribution in [3.05, 3.63) is 94.2 Å². The van der Waals surface area contributed by atoms with Crippen LogP contribution in [0, 0.1) is 6.92 Å². The van der Waals surface area contributed by atoms with Crippen molar-refractivity contribution < 1.29 is 23.8 Å². The number of amides is 1. The molecule has 0 aliphatic carbocycles. The summed E-state index contributed by atoms with van der Waals surface area (Å²) in [5.74, 6) is 0.678. The highest BCUT2D eigenvalue weighted by Gasteiger charge is 2.40. The van der Waals surface area contributed by atoms with Gasteiger partial charge in [-0.1, -0.05) is 34.1 Å². The minimum atomic E-state index is -0.511. The Balaban J connectivity index is 1.51. The molecule has 4 aromatic rings. The normalized spacial score (nSPS) is 14.2. The summed E-state index contributed by atoms with van der Waals surface area (Å²) < 4.78 is 19.5. The number of para-hydroxylation sites is 1. The van der Waals surface area contributed by atoms with Crippen LogP contribution in [0.1, 0.15) is 18.1 Å². The third kappa shape index (κ3) is 6.05. The lowest BCUT2D eigenvalue weighted by atomic mass is 10.1. The van der Waals surface area contributed by atoms with Gasteiger partial charge in [-0.3, -0.25) is 14.5 Å². The highest BCUT2D eigenvalue weighted by atomic mass is 79.9. The maximum Gasteiger partial charge on any atom is 0.325 e. The number of nitrogens with zero attached hydrogens (tertiary/aromatic N) is 3. The average Bonchev–Trinajstić information content (AvgIpc) is 3.43. The first-order valence-electron chi connectivity index (χ1n) is 13.4. The van der Waals surface area contributed by atoms with Gasteiger partial charge in [0.1, 0.15) is 30.3 Å². The molecule has 42 heavy (non-hydrogen) atoms. The van der Waals surface area contributed by atoms with Gasteiger partial charge in [-0.25, -0.2) is 0 Å². The SMILES string of the molecule is CCOc1ccc(N2C(=O)/C(=C/c3cn(CCOc4ccccc4C)c4ccc(Br)cc34)N(CC(=O)OC)C2=S)cc1. The molecule has 1 aromatic heterocycles. The van der Waals surface area contributed by atoms with Gasteiger partial charge in [0.2, 0.25) is 0 Å². The van der Waals surface area contributed by atoms with Crippen LogP contribution in [0.2, 0.25) is 0 Å². The summed E-state index contributed by atoms with van der Waals surface area (Å²) in [6.45, 7) is 5.30. The third-order valence-corrected chi connectivity index (χ3v) is 7.80. The molecule has 10 heteroatoms. The van der Waals surface area contributed by atoms with Gasteiger partial charge in [-0.05, 0) is 86.2 Å². The van der Waals surface area contributed by atoms with Crippen molar-refractivity contribution >= 4 is 67.8 Å². The van der Waals surface area contributed by atoms with Gasteiger partial charge >= 0.3 is 5.97 Å². The van der Waals surface area contributed by atoms with E-state index >= 15 is 0 Å². The lowest BCUT2D eigenvalue weighted by Gasteiger charge is -2.19. The number of aromatic nitrogens is 1. The van der Waals surface area contributed by atoms with Crippen molar-refractivity contribution in [3.8, 4) is 11.5 Å². The van der Waals surface area contributed by atoms with Crippen LogP contribution in [-0.2, 0) is 20.9 Å². The molecule has 3 aromatic carbocycles. The molecular weight excluding hydrogens is 618 g/mol. The molecule has 0 N–H and O–H groups in total. The van der Waals surface area contributed by atoms with Crippen LogP contribution >= 0.6 is 28.1 Å². The zero-order valence-electron chi connectivity index (χ0n) is 23.5. The lowest BCUT2D eigenvalue weighted by molar-refractivity contribution is -0.140. The van der Waals surface area contributed by atoms with Gasteiger partial charge < -0.3 is 23.7 Å². The van der Waals surface area contributed by atoms with Crippen molar-refractivity contribution in [3.63, 3.8) is 0 Å². The number of thiocarbonyl (C=S) groups is 1. The molecule has 1 saturated heterocycles. The predicted molar refractivity (Wildman–Crippen MR) is 171 cm³/mol. The number of halogens is 1. The van der Waals surface area contributed by atoms with Crippen LogP contribution in [0.5, 0.6) is 11.5 Å². The van der Waals surface area contributed by atoms with E-state index in [1.54, 1.807) is 30.3 Å². The Morgan fingerprint density at radius 2 is 1.81 bits per heavy atom. The molecule has 1 aliphatic rings. The number of carbonyl (C=O) groups is 2. The van der Waals surface area contributed by atoms with Gasteiger partial charge in [0.25, 0.3) is 5.91 Å². The number of hydrogen-bond donors (Lipinski definition) is 0. The number of anilines is 1. The zero-order valence-corrected chi connectivity index (χ0v) is 25.9. The number of hydrogen-bond acceptors (Lipinski definition) is 6. The summed E-state index contributed by atoms with van der Waals surface area (Å²) in [7, 11) is 1.31. The standard InChI is InChI=1S/C32H30BrN3O5S/c1-4-40-25-12-10-24(11-13-25)36-31(38)28(35(32(36)42)20-30(37)39-3)17-22-19-34(27-14-9-23(33)18-26(22)27)15-16-41-29-8-6-5-7-21(29)2/h5-14,17-19H,4,15-16,20H2,1-3H3/b28-17-. The molecule has 1 aliphatic heterocycles. The van der Waals surface area contributed by atoms with Gasteiger partial charge in [0.05, 0.1) is 25.9 Å². The minimum Gasteiger partial charge on any atom is -0.494 e. The molecule has 216 valence electrons. The van der Waals surface area contributed by atoms with Crippen LogP contribution in [0.15, 0.2) is 83.1 Å². The molecule has 8 nitrogen and oxygen atoms in total. The molecule has 0 saturated carbocycles. The second-order valence-corrected chi connectivity index (χ2v) is 10.9. The maximum atomic E-state index is 13.9. The quantitative estimate of drug-likeness (QED) is 0.113. The smallest absolute Gasteiger partial charge is 0.325 e.